The van der Waals surface area contributed by atoms with Gasteiger partial charge in [0.1, 0.15) is 5.82 Å². The predicted molar refractivity (Wildman–Crippen MR) is 86.4 cm³/mol. The number of nitrogens with zero attached hydrogens (tertiary/aromatic N) is 2. The van der Waals surface area contributed by atoms with Crippen LogP contribution >= 0.6 is 0 Å². The van der Waals surface area contributed by atoms with Crippen molar-refractivity contribution >= 4 is 16.6 Å². The Morgan fingerprint density at radius 2 is 1.90 bits per heavy atom. The second-order valence-corrected chi connectivity index (χ2v) is 5.25. The molecule has 0 saturated carbocycles. The number of hydrogen-bond donors (Lipinski definition) is 1. The van der Waals surface area contributed by atoms with Gasteiger partial charge in [0.05, 0.1) is 14.2 Å². The first kappa shape index (κ1) is 15.4. The van der Waals surface area contributed by atoms with Gasteiger partial charge in [-0.15, -0.1) is 0 Å². The van der Waals surface area contributed by atoms with Crippen molar-refractivity contribution in [1.29, 1.82) is 0 Å². The first-order valence-electron chi connectivity index (χ1n) is 7.04. The lowest BCUT2D eigenvalue weighted by atomic mass is 10.1. The molecule has 1 atom stereocenters. The molecule has 0 saturated heterocycles. The second-order valence-electron chi connectivity index (χ2n) is 5.25. The lowest BCUT2D eigenvalue weighted by Crippen LogP contribution is -2.26. The molecular formula is C16H23N3O2. The van der Waals surface area contributed by atoms with E-state index in [-0.39, 0.29) is 6.04 Å². The zero-order valence-corrected chi connectivity index (χ0v) is 13.1. The van der Waals surface area contributed by atoms with E-state index in [4.69, 9.17) is 15.2 Å². The van der Waals surface area contributed by atoms with Gasteiger partial charge in [0.25, 0.3) is 0 Å². The molecule has 114 valence electrons. The maximum atomic E-state index is 5.83. The molecule has 2 rings (SSSR count). The van der Waals surface area contributed by atoms with Gasteiger partial charge in [-0.05, 0) is 36.9 Å². The molecule has 0 aliphatic heterocycles. The molecule has 0 aliphatic rings. The fourth-order valence-electron chi connectivity index (χ4n) is 2.29. The maximum Gasteiger partial charge on any atom is 0.161 e. The van der Waals surface area contributed by atoms with Crippen LogP contribution in [0.3, 0.4) is 0 Å². The Bertz CT molecular complexity index is 614. The standard InChI is InChI=1S/C16H23N3O2/c1-11(17)6-8-19(2)16-13-10-15(21-4)14(20-3)9-12(13)5-7-18-16/h5,7,9-11H,6,8,17H2,1-4H3. The molecule has 5 heteroatoms. The van der Waals surface area contributed by atoms with Crippen molar-refractivity contribution in [3.63, 3.8) is 0 Å². The number of methoxy groups -OCH3 is 2. The molecule has 0 aliphatic carbocycles. The summed E-state index contributed by atoms with van der Waals surface area (Å²) in [6.07, 6.45) is 2.73. The van der Waals surface area contributed by atoms with Gasteiger partial charge in [-0.1, -0.05) is 0 Å². The average molecular weight is 289 g/mol. The van der Waals surface area contributed by atoms with Crippen molar-refractivity contribution in [3.05, 3.63) is 24.4 Å². The normalized spacial score (nSPS) is 12.2. The summed E-state index contributed by atoms with van der Waals surface area (Å²) in [7, 11) is 5.31. The van der Waals surface area contributed by atoms with Gasteiger partial charge in [-0.25, -0.2) is 4.98 Å². The molecule has 2 N–H and O–H groups in total. The molecule has 0 amide bonds. The molecule has 2 aromatic rings. The Morgan fingerprint density at radius 3 is 2.52 bits per heavy atom. The number of anilines is 1. The van der Waals surface area contributed by atoms with Crippen LogP contribution < -0.4 is 20.1 Å². The molecule has 1 unspecified atom stereocenters. The van der Waals surface area contributed by atoms with Crippen molar-refractivity contribution in [2.75, 3.05) is 32.7 Å². The number of nitrogens with two attached hydrogens (primary N) is 1. The third kappa shape index (κ3) is 3.36. The Balaban J connectivity index is 2.44. The predicted octanol–water partition coefficient (Wildman–Crippen LogP) is 2.43. The van der Waals surface area contributed by atoms with Crippen molar-refractivity contribution in [3.8, 4) is 11.5 Å². The Labute approximate surface area is 125 Å². The monoisotopic (exact) mass is 289 g/mol. The lowest BCUT2D eigenvalue weighted by molar-refractivity contribution is 0.356. The van der Waals surface area contributed by atoms with Gasteiger partial charge >= 0.3 is 0 Å². The number of rotatable bonds is 6. The first-order chi connectivity index (χ1) is 10.1. The Kier molecular flexibility index (Phi) is 4.85. The summed E-state index contributed by atoms with van der Waals surface area (Å²) in [5.74, 6) is 2.36. The van der Waals surface area contributed by atoms with E-state index in [0.717, 1.165) is 35.3 Å². The highest BCUT2D eigenvalue weighted by Crippen LogP contribution is 2.35. The summed E-state index contributed by atoms with van der Waals surface area (Å²) in [6.45, 7) is 2.87. The largest absolute Gasteiger partial charge is 0.493 e. The fraction of sp³-hybridized carbons (Fsp3) is 0.438. The molecule has 0 radical (unpaired) electrons. The van der Waals surface area contributed by atoms with Crippen molar-refractivity contribution < 1.29 is 9.47 Å². The highest BCUT2D eigenvalue weighted by molar-refractivity contribution is 5.94. The van der Waals surface area contributed by atoms with Crippen LogP contribution in [0.1, 0.15) is 13.3 Å². The zero-order valence-electron chi connectivity index (χ0n) is 13.1. The molecule has 0 spiro atoms. The van der Waals surface area contributed by atoms with E-state index in [1.165, 1.54) is 0 Å². The van der Waals surface area contributed by atoms with E-state index < -0.39 is 0 Å². The van der Waals surface area contributed by atoms with Crippen LogP contribution in [0.15, 0.2) is 24.4 Å². The zero-order chi connectivity index (χ0) is 15.4. The van der Waals surface area contributed by atoms with E-state index in [1.54, 1.807) is 14.2 Å². The number of pyridine rings is 1. The van der Waals surface area contributed by atoms with Crippen molar-refractivity contribution in [2.45, 2.75) is 19.4 Å². The SMILES string of the molecule is COc1cc2ccnc(N(C)CCC(C)N)c2cc1OC. The molecule has 1 aromatic heterocycles. The first-order valence-corrected chi connectivity index (χ1v) is 7.04. The number of benzene rings is 1. The topological polar surface area (TPSA) is 60.6 Å². The third-order valence-corrected chi connectivity index (χ3v) is 3.53. The van der Waals surface area contributed by atoms with Crippen LogP contribution in [0.4, 0.5) is 5.82 Å². The molecule has 5 nitrogen and oxygen atoms in total. The molecular weight excluding hydrogens is 266 g/mol. The van der Waals surface area contributed by atoms with Crippen molar-refractivity contribution in [1.82, 2.24) is 4.98 Å². The molecule has 1 heterocycles. The fourth-order valence-corrected chi connectivity index (χ4v) is 2.29. The van der Waals surface area contributed by atoms with Crippen LogP contribution in [0.2, 0.25) is 0 Å². The Morgan fingerprint density at radius 1 is 1.24 bits per heavy atom. The van der Waals surface area contributed by atoms with Crippen LogP contribution in [0, 0.1) is 0 Å². The van der Waals surface area contributed by atoms with Gasteiger partial charge in [0, 0.05) is 31.2 Å². The van der Waals surface area contributed by atoms with Gasteiger partial charge in [-0.2, -0.15) is 0 Å². The summed E-state index contributed by atoms with van der Waals surface area (Å²) < 4.78 is 10.7. The van der Waals surface area contributed by atoms with Crippen LogP contribution in [0.25, 0.3) is 10.8 Å². The van der Waals surface area contributed by atoms with Gasteiger partial charge in [0.15, 0.2) is 11.5 Å². The van der Waals surface area contributed by atoms with Gasteiger partial charge in [-0.3, -0.25) is 0 Å². The number of fused-ring (bicyclic) bond motifs is 1. The molecule has 1 aromatic carbocycles. The third-order valence-electron chi connectivity index (χ3n) is 3.53. The van der Waals surface area contributed by atoms with E-state index >= 15 is 0 Å². The molecule has 21 heavy (non-hydrogen) atoms. The van der Waals surface area contributed by atoms with Crippen LogP contribution in [-0.2, 0) is 0 Å². The van der Waals surface area contributed by atoms with E-state index in [0.29, 0.717) is 5.75 Å². The summed E-state index contributed by atoms with van der Waals surface area (Å²) in [4.78, 5) is 6.63. The number of aromatic nitrogens is 1. The Hall–Kier alpha value is -2.01. The van der Waals surface area contributed by atoms with Crippen LogP contribution in [0.5, 0.6) is 11.5 Å². The quantitative estimate of drug-likeness (QED) is 0.885. The smallest absolute Gasteiger partial charge is 0.161 e. The number of ether oxygens (including phenoxy) is 2. The van der Waals surface area contributed by atoms with E-state index in [1.807, 2.05) is 38.4 Å². The number of hydrogen-bond acceptors (Lipinski definition) is 5. The maximum absolute atomic E-state index is 5.83. The summed E-state index contributed by atoms with van der Waals surface area (Å²) in [6, 6.07) is 6.09. The lowest BCUT2D eigenvalue weighted by Gasteiger charge is -2.21. The minimum atomic E-state index is 0.178. The van der Waals surface area contributed by atoms with Crippen LogP contribution in [-0.4, -0.2) is 38.8 Å². The molecule has 0 fully saturated rings. The average Bonchev–Trinajstić information content (AvgIpc) is 2.50. The highest BCUT2D eigenvalue weighted by atomic mass is 16.5. The minimum absolute atomic E-state index is 0.178. The van der Waals surface area contributed by atoms with Crippen molar-refractivity contribution in [2.24, 2.45) is 5.73 Å². The summed E-state index contributed by atoms with van der Waals surface area (Å²) in [5.41, 5.74) is 5.83. The summed E-state index contributed by atoms with van der Waals surface area (Å²) in [5, 5.41) is 2.12. The van der Waals surface area contributed by atoms with Gasteiger partial charge in [0.2, 0.25) is 0 Å². The van der Waals surface area contributed by atoms with Gasteiger partial charge < -0.3 is 20.1 Å². The molecule has 0 bridgehead atoms. The minimum Gasteiger partial charge on any atom is -0.493 e. The second kappa shape index (κ2) is 6.63. The highest BCUT2D eigenvalue weighted by Gasteiger charge is 2.12. The van der Waals surface area contributed by atoms with E-state index in [2.05, 4.69) is 9.88 Å². The summed E-state index contributed by atoms with van der Waals surface area (Å²) >= 11 is 0. The van der Waals surface area contributed by atoms with E-state index in [9.17, 15) is 0 Å².